The first-order valence-corrected chi connectivity index (χ1v) is 9.54. The summed E-state index contributed by atoms with van der Waals surface area (Å²) in [7, 11) is 1.80. The van der Waals surface area contributed by atoms with E-state index < -0.39 is 0 Å². The lowest BCUT2D eigenvalue weighted by Crippen LogP contribution is -2.42. The smallest absolute Gasteiger partial charge is 0.213 e. The summed E-state index contributed by atoms with van der Waals surface area (Å²) in [6, 6.07) is 0. The van der Waals surface area contributed by atoms with E-state index in [4.69, 9.17) is 4.42 Å². The Morgan fingerprint density at radius 1 is 1.32 bits per heavy atom. The van der Waals surface area contributed by atoms with E-state index in [-0.39, 0.29) is 5.41 Å². The lowest BCUT2D eigenvalue weighted by atomic mass is 9.94. The van der Waals surface area contributed by atoms with Crippen molar-refractivity contribution in [1.29, 1.82) is 0 Å². The maximum atomic E-state index is 5.81. The standard InChI is InChI=1S/C19H35N5O/c1-6-9-24-10-7-15(8-11-24)12-22-18(20-5)23-14-17-21-13-16(25-17)19(2,3)4/h13,15H,6-12,14H2,1-5H3,(H2,20,22,23). The van der Waals surface area contributed by atoms with E-state index in [9.17, 15) is 0 Å². The normalized spacial score (nSPS) is 17.7. The van der Waals surface area contributed by atoms with Crippen LogP contribution in [0, 0.1) is 5.92 Å². The number of nitrogens with one attached hydrogen (secondary N) is 2. The number of guanidine groups is 1. The number of rotatable bonds is 6. The third kappa shape index (κ3) is 6.34. The van der Waals surface area contributed by atoms with E-state index in [0.717, 1.165) is 24.2 Å². The second kappa shape index (κ2) is 9.22. The number of aromatic nitrogens is 1. The van der Waals surface area contributed by atoms with Gasteiger partial charge in [-0.05, 0) is 44.8 Å². The van der Waals surface area contributed by atoms with Crippen molar-refractivity contribution < 1.29 is 4.42 Å². The van der Waals surface area contributed by atoms with Gasteiger partial charge >= 0.3 is 0 Å². The molecule has 1 saturated heterocycles. The molecule has 1 aliphatic heterocycles. The van der Waals surface area contributed by atoms with Crippen LogP contribution >= 0.6 is 0 Å². The first kappa shape index (κ1) is 19.8. The van der Waals surface area contributed by atoms with Crippen LogP contribution in [0.3, 0.4) is 0 Å². The van der Waals surface area contributed by atoms with Crippen LogP contribution in [0.2, 0.25) is 0 Å². The fraction of sp³-hybridized carbons (Fsp3) is 0.789. The zero-order valence-electron chi connectivity index (χ0n) is 16.6. The van der Waals surface area contributed by atoms with Crippen LogP contribution in [0.15, 0.2) is 15.6 Å². The Kier molecular flexibility index (Phi) is 7.29. The zero-order valence-corrected chi connectivity index (χ0v) is 16.6. The Hall–Kier alpha value is -1.56. The van der Waals surface area contributed by atoms with Crippen molar-refractivity contribution in [2.24, 2.45) is 10.9 Å². The van der Waals surface area contributed by atoms with Crippen LogP contribution in [0.25, 0.3) is 0 Å². The number of likely N-dealkylation sites (tertiary alicyclic amines) is 1. The van der Waals surface area contributed by atoms with Gasteiger partial charge in [0.1, 0.15) is 5.76 Å². The Bertz CT molecular complexity index is 538. The number of hydrogen-bond acceptors (Lipinski definition) is 4. The molecule has 6 heteroatoms. The quantitative estimate of drug-likeness (QED) is 0.611. The van der Waals surface area contributed by atoms with Gasteiger partial charge in [-0.2, -0.15) is 0 Å². The van der Waals surface area contributed by atoms with Gasteiger partial charge in [0.15, 0.2) is 5.96 Å². The molecule has 6 nitrogen and oxygen atoms in total. The highest BCUT2D eigenvalue weighted by molar-refractivity contribution is 5.79. The van der Waals surface area contributed by atoms with Gasteiger partial charge in [0.2, 0.25) is 5.89 Å². The molecular weight excluding hydrogens is 314 g/mol. The SMILES string of the molecule is CCCN1CCC(CNC(=NC)NCc2ncc(C(C)(C)C)o2)CC1. The monoisotopic (exact) mass is 349 g/mol. The topological polar surface area (TPSA) is 65.7 Å². The van der Waals surface area contributed by atoms with Gasteiger partial charge in [0.25, 0.3) is 0 Å². The molecule has 0 saturated carbocycles. The summed E-state index contributed by atoms with van der Waals surface area (Å²) < 4.78 is 5.81. The Balaban J connectivity index is 1.72. The summed E-state index contributed by atoms with van der Waals surface area (Å²) >= 11 is 0. The Labute approximate surface area is 152 Å². The summed E-state index contributed by atoms with van der Waals surface area (Å²) in [6.45, 7) is 13.8. The molecule has 0 aromatic carbocycles. The molecule has 1 fully saturated rings. The summed E-state index contributed by atoms with van der Waals surface area (Å²) in [5, 5.41) is 6.74. The minimum absolute atomic E-state index is 0.0161. The van der Waals surface area contributed by atoms with Crippen molar-refractivity contribution in [2.45, 2.75) is 58.9 Å². The van der Waals surface area contributed by atoms with Crippen molar-refractivity contribution in [1.82, 2.24) is 20.5 Å². The third-order valence-electron chi connectivity index (χ3n) is 4.73. The fourth-order valence-electron chi connectivity index (χ4n) is 3.09. The zero-order chi connectivity index (χ0) is 18.3. The predicted molar refractivity (Wildman–Crippen MR) is 103 cm³/mol. The summed E-state index contributed by atoms with van der Waals surface area (Å²) in [4.78, 5) is 11.2. The molecule has 0 unspecified atom stereocenters. The largest absolute Gasteiger partial charge is 0.443 e. The first-order chi connectivity index (χ1) is 11.9. The molecule has 142 valence electrons. The van der Waals surface area contributed by atoms with Gasteiger partial charge in [-0.15, -0.1) is 0 Å². The van der Waals surface area contributed by atoms with Gasteiger partial charge in [-0.3, -0.25) is 4.99 Å². The fourth-order valence-corrected chi connectivity index (χ4v) is 3.09. The summed E-state index contributed by atoms with van der Waals surface area (Å²) in [5.74, 6) is 3.14. The second-order valence-electron chi connectivity index (χ2n) is 7.96. The Morgan fingerprint density at radius 2 is 2.04 bits per heavy atom. The van der Waals surface area contributed by atoms with Crippen LogP contribution in [-0.2, 0) is 12.0 Å². The number of piperidine rings is 1. The van der Waals surface area contributed by atoms with Gasteiger partial charge in [-0.25, -0.2) is 4.98 Å². The first-order valence-electron chi connectivity index (χ1n) is 9.54. The van der Waals surface area contributed by atoms with Gasteiger partial charge in [-0.1, -0.05) is 27.7 Å². The molecule has 0 spiro atoms. The number of nitrogens with zero attached hydrogens (tertiary/aromatic N) is 3. The van der Waals surface area contributed by atoms with Gasteiger partial charge in [0.05, 0.1) is 12.7 Å². The van der Waals surface area contributed by atoms with Crippen LogP contribution in [0.4, 0.5) is 0 Å². The van der Waals surface area contributed by atoms with Crippen molar-refractivity contribution in [3.63, 3.8) is 0 Å². The summed E-state index contributed by atoms with van der Waals surface area (Å²) in [6.07, 6.45) is 5.59. The van der Waals surface area contributed by atoms with Gasteiger partial charge in [0, 0.05) is 19.0 Å². The number of hydrogen-bond donors (Lipinski definition) is 2. The molecule has 0 amide bonds. The molecule has 2 N–H and O–H groups in total. The average molecular weight is 350 g/mol. The van der Waals surface area contributed by atoms with E-state index >= 15 is 0 Å². The number of oxazole rings is 1. The molecule has 25 heavy (non-hydrogen) atoms. The highest BCUT2D eigenvalue weighted by Gasteiger charge is 2.20. The van der Waals surface area contributed by atoms with Gasteiger partial charge < -0.3 is 20.0 Å². The summed E-state index contributed by atoms with van der Waals surface area (Å²) in [5.41, 5.74) is -0.0161. The maximum Gasteiger partial charge on any atom is 0.213 e. The van der Waals surface area contributed by atoms with Crippen LogP contribution < -0.4 is 10.6 Å². The van der Waals surface area contributed by atoms with E-state index in [2.05, 4.69) is 53.2 Å². The molecule has 1 aromatic heterocycles. The van der Waals surface area contributed by atoms with Crippen molar-refractivity contribution in [3.05, 3.63) is 17.8 Å². The molecular formula is C19H35N5O. The van der Waals surface area contributed by atoms with Crippen LogP contribution in [0.5, 0.6) is 0 Å². The van der Waals surface area contributed by atoms with E-state index in [1.54, 1.807) is 7.05 Å². The maximum absolute atomic E-state index is 5.81. The second-order valence-corrected chi connectivity index (χ2v) is 7.96. The highest BCUT2D eigenvalue weighted by atomic mass is 16.4. The number of aliphatic imine (C=N–C) groups is 1. The van der Waals surface area contributed by atoms with E-state index in [1.165, 1.54) is 38.9 Å². The van der Waals surface area contributed by atoms with E-state index in [1.807, 2.05) is 6.20 Å². The third-order valence-corrected chi connectivity index (χ3v) is 4.73. The molecule has 0 atom stereocenters. The van der Waals surface area contributed by atoms with Crippen molar-refractivity contribution in [3.8, 4) is 0 Å². The van der Waals surface area contributed by atoms with Crippen LogP contribution in [-0.4, -0.2) is 49.1 Å². The van der Waals surface area contributed by atoms with Crippen molar-refractivity contribution >= 4 is 5.96 Å². The lowest BCUT2D eigenvalue weighted by molar-refractivity contribution is 0.185. The lowest BCUT2D eigenvalue weighted by Gasteiger charge is -2.32. The van der Waals surface area contributed by atoms with Crippen LogP contribution in [0.1, 0.15) is 58.6 Å². The predicted octanol–water partition coefficient (Wildman–Crippen LogP) is 2.76. The molecule has 1 aliphatic rings. The van der Waals surface area contributed by atoms with E-state index in [0.29, 0.717) is 12.4 Å². The molecule has 0 bridgehead atoms. The molecule has 1 aromatic rings. The molecule has 2 rings (SSSR count). The minimum Gasteiger partial charge on any atom is -0.443 e. The Morgan fingerprint density at radius 3 is 2.60 bits per heavy atom. The van der Waals surface area contributed by atoms with Crippen molar-refractivity contribution in [2.75, 3.05) is 33.2 Å². The molecule has 0 aliphatic carbocycles. The average Bonchev–Trinajstić information content (AvgIpc) is 3.06. The molecule has 0 radical (unpaired) electrons. The molecule has 2 heterocycles. The minimum atomic E-state index is -0.0161. The highest BCUT2D eigenvalue weighted by Crippen LogP contribution is 2.22.